The van der Waals surface area contributed by atoms with Gasteiger partial charge in [0.25, 0.3) is 0 Å². The van der Waals surface area contributed by atoms with Crippen LogP contribution in [0.4, 0.5) is 0 Å². The number of hydrogen-bond donors (Lipinski definition) is 1. The first kappa shape index (κ1) is 22.9. The molecule has 3 aromatic carbocycles. The average molecular weight is 431 g/mol. The summed E-state index contributed by atoms with van der Waals surface area (Å²) in [5, 5.41) is 10.3. The first-order chi connectivity index (χ1) is 14.6. The van der Waals surface area contributed by atoms with E-state index in [0.717, 1.165) is 28.9 Å². The standard InChI is InChI=1S/C28H34O2Si/c1-7-26(21-12-9-8-10-13-21)27(23-14-11-15-24(29)20-23)22-16-18-25(19-17-22)30-31(5,6)28(2,3)4/h8-20,29H,7H2,1-6H3/b27-26+. The minimum Gasteiger partial charge on any atom is -0.544 e. The van der Waals surface area contributed by atoms with Gasteiger partial charge in [-0.25, -0.2) is 0 Å². The van der Waals surface area contributed by atoms with Crippen molar-refractivity contribution in [3.63, 3.8) is 0 Å². The van der Waals surface area contributed by atoms with Crippen LogP contribution in [-0.4, -0.2) is 13.4 Å². The molecular formula is C28H34O2Si. The maximum absolute atomic E-state index is 10.1. The Morgan fingerprint density at radius 2 is 1.42 bits per heavy atom. The van der Waals surface area contributed by atoms with Crippen LogP contribution in [0.25, 0.3) is 11.1 Å². The van der Waals surface area contributed by atoms with Crippen molar-refractivity contribution in [1.29, 1.82) is 0 Å². The summed E-state index contributed by atoms with van der Waals surface area (Å²) in [5.74, 6) is 1.19. The Kier molecular flexibility index (Phi) is 6.76. The lowest BCUT2D eigenvalue weighted by Gasteiger charge is -2.36. The van der Waals surface area contributed by atoms with Crippen LogP contribution >= 0.6 is 0 Å². The zero-order chi connectivity index (χ0) is 22.6. The molecule has 1 N–H and O–H groups in total. The molecule has 31 heavy (non-hydrogen) atoms. The van der Waals surface area contributed by atoms with E-state index >= 15 is 0 Å². The fourth-order valence-corrected chi connectivity index (χ4v) is 4.51. The molecule has 0 heterocycles. The number of hydrogen-bond acceptors (Lipinski definition) is 2. The molecule has 0 aromatic heterocycles. The van der Waals surface area contributed by atoms with Crippen molar-refractivity contribution in [3.05, 3.63) is 95.6 Å². The second kappa shape index (κ2) is 9.15. The van der Waals surface area contributed by atoms with Crippen LogP contribution in [0.15, 0.2) is 78.9 Å². The van der Waals surface area contributed by atoms with E-state index in [1.165, 1.54) is 11.1 Å². The largest absolute Gasteiger partial charge is 0.544 e. The summed E-state index contributed by atoms with van der Waals surface area (Å²) in [4.78, 5) is 0. The van der Waals surface area contributed by atoms with Crippen molar-refractivity contribution in [1.82, 2.24) is 0 Å². The normalized spacial score (nSPS) is 13.0. The summed E-state index contributed by atoms with van der Waals surface area (Å²) >= 11 is 0. The number of phenolic OH excluding ortho intramolecular Hbond substituents is 1. The Hall–Kier alpha value is -2.78. The zero-order valence-corrected chi connectivity index (χ0v) is 20.6. The van der Waals surface area contributed by atoms with E-state index in [1.807, 2.05) is 18.2 Å². The SMILES string of the molecule is CC/C(=C(/c1ccc(O[Si](C)(C)C(C)(C)C)cc1)c1cccc(O)c1)c1ccccc1. The van der Waals surface area contributed by atoms with Crippen molar-refractivity contribution in [3.8, 4) is 11.5 Å². The lowest BCUT2D eigenvalue weighted by Crippen LogP contribution is -2.43. The molecule has 0 saturated carbocycles. The van der Waals surface area contributed by atoms with E-state index in [9.17, 15) is 5.11 Å². The summed E-state index contributed by atoms with van der Waals surface area (Å²) in [6, 6.07) is 26.4. The Morgan fingerprint density at radius 1 is 0.806 bits per heavy atom. The van der Waals surface area contributed by atoms with Crippen LogP contribution in [0.1, 0.15) is 50.8 Å². The predicted octanol–water partition coefficient (Wildman–Crippen LogP) is 8.15. The molecule has 0 aliphatic heterocycles. The Labute approximate surface area is 188 Å². The van der Waals surface area contributed by atoms with Gasteiger partial charge in [0, 0.05) is 0 Å². The van der Waals surface area contributed by atoms with Gasteiger partial charge in [-0.15, -0.1) is 0 Å². The molecular weight excluding hydrogens is 396 g/mol. The van der Waals surface area contributed by atoms with Crippen molar-refractivity contribution in [2.75, 3.05) is 0 Å². The number of aromatic hydroxyl groups is 1. The van der Waals surface area contributed by atoms with Crippen LogP contribution in [0.3, 0.4) is 0 Å². The van der Waals surface area contributed by atoms with Gasteiger partial charge in [0.2, 0.25) is 8.32 Å². The highest BCUT2D eigenvalue weighted by atomic mass is 28.4. The van der Waals surface area contributed by atoms with Crippen LogP contribution in [0.5, 0.6) is 11.5 Å². The van der Waals surface area contributed by atoms with Crippen molar-refractivity contribution in [2.24, 2.45) is 0 Å². The third kappa shape index (κ3) is 5.29. The zero-order valence-electron chi connectivity index (χ0n) is 19.6. The number of allylic oxidation sites excluding steroid dienone is 1. The molecule has 0 unspecified atom stereocenters. The van der Waals surface area contributed by atoms with Gasteiger partial charge in [0.1, 0.15) is 11.5 Å². The highest BCUT2D eigenvalue weighted by Crippen LogP contribution is 2.39. The summed E-state index contributed by atoms with van der Waals surface area (Å²) in [6.45, 7) is 13.5. The highest BCUT2D eigenvalue weighted by Gasteiger charge is 2.38. The van der Waals surface area contributed by atoms with E-state index in [4.69, 9.17) is 4.43 Å². The minimum atomic E-state index is -1.89. The smallest absolute Gasteiger partial charge is 0.250 e. The quantitative estimate of drug-likeness (QED) is 0.316. The molecule has 3 heteroatoms. The highest BCUT2D eigenvalue weighted by molar-refractivity contribution is 6.74. The Morgan fingerprint density at radius 3 is 1.97 bits per heavy atom. The lowest BCUT2D eigenvalue weighted by atomic mass is 9.88. The summed E-state index contributed by atoms with van der Waals surface area (Å²) in [7, 11) is -1.89. The van der Waals surface area contributed by atoms with E-state index in [0.29, 0.717) is 0 Å². The lowest BCUT2D eigenvalue weighted by molar-refractivity contribution is 0.475. The van der Waals surface area contributed by atoms with Gasteiger partial charge >= 0.3 is 0 Å². The van der Waals surface area contributed by atoms with Crippen LogP contribution in [0, 0.1) is 0 Å². The molecule has 2 nitrogen and oxygen atoms in total. The van der Waals surface area contributed by atoms with Gasteiger partial charge in [-0.2, -0.15) is 0 Å². The van der Waals surface area contributed by atoms with Gasteiger partial charge in [-0.3, -0.25) is 0 Å². The van der Waals surface area contributed by atoms with Gasteiger partial charge < -0.3 is 9.53 Å². The molecule has 0 bridgehead atoms. The van der Waals surface area contributed by atoms with Gasteiger partial charge in [-0.05, 0) is 76.7 Å². The Balaban J connectivity index is 2.10. The van der Waals surface area contributed by atoms with E-state index in [1.54, 1.807) is 6.07 Å². The third-order valence-electron chi connectivity index (χ3n) is 6.23. The number of phenols is 1. The van der Waals surface area contributed by atoms with Crippen molar-refractivity contribution >= 4 is 19.5 Å². The van der Waals surface area contributed by atoms with Crippen LogP contribution in [0.2, 0.25) is 18.1 Å². The van der Waals surface area contributed by atoms with Crippen LogP contribution in [-0.2, 0) is 0 Å². The fourth-order valence-electron chi connectivity index (χ4n) is 3.48. The monoisotopic (exact) mass is 430 g/mol. The molecule has 0 spiro atoms. The molecule has 3 aromatic rings. The molecule has 0 fully saturated rings. The molecule has 0 saturated heterocycles. The molecule has 162 valence electrons. The molecule has 0 aliphatic carbocycles. The maximum Gasteiger partial charge on any atom is 0.250 e. The molecule has 0 aliphatic rings. The maximum atomic E-state index is 10.1. The van der Waals surface area contributed by atoms with Crippen molar-refractivity contribution in [2.45, 2.75) is 52.2 Å². The second-order valence-corrected chi connectivity index (χ2v) is 14.2. The minimum absolute atomic E-state index is 0.154. The van der Waals surface area contributed by atoms with Gasteiger partial charge in [-0.1, -0.05) is 82.3 Å². The van der Waals surface area contributed by atoms with E-state index in [2.05, 4.69) is 95.4 Å². The third-order valence-corrected chi connectivity index (χ3v) is 10.6. The Bertz CT molecular complexity index is 1040. The first-order valence-corrected chi connectivity index (χ1v) is 13.9. The van der Waals surface area contributed by atoms with Gasteiger partial charge in [0.05, 0.1) is 0 Å². The van der Waals surface area contributed by atoms with E-state index < -0.39 is 8.32 Å². The summed E-state index contributed by atoms with van der Waals surface area (Å²) in [5.41, 5.74) is 5.73. The summed E-state index contributed by atoms with van der Waals surface area (Å²) in [6.07, 6.45) is 0.886. The fraction of sp³-hybridized carbons (Fsp3) is 0.286. The average Bonchev–Trinajstić information content (AvgIpc) is 2.72. The second-order valence-electron chi connectivity index (χ2n) is 9.51. The summed E-state index contributed by atoms with van der Waals surface area (Å²) < 4.78 is 6.48. The van der Waals surface area contributed by atoms with Gasteiger partial charge in [0.15, 0.2) is 0 Å². The first-order valence-electron chi connectivity index (χ1n) is 11.0. The molecule has 0 atom stereocenters. The molecule has 0 radical (unpaired) electrons. The van der Waals surface area contributed by atoms with Crippen molar-refractivity contribution < 1.29 is 9.53 Å². The predicted molar refractivity (Wildman–Crippen MR) is 135 cm³/mol. The van der Waals surface area contributed by atoms with E-state index in [-0.39, 0.29) is 10.8 Å². The number of benzene rings is 3. The number of rotatable bonds is 6. The molecule has 3 rings (SSSR count). The molecule has 0 amide bonds. The van der Waals surface area contributed by atoms with Crippen LogP contribution < -0.4 is 4.43 Å². The topological polar surface area (TPSA) is 29.5 Å².